The van der Waals surface area contributed by atoms with Gasteiger partial charge in [0.15, 0.2) is 0 Å². The SMILES string of the molecule is O=C1C(CC2CCCCC2C(F)(F)F)CCN1C1CCCCC1. The van der Waals surface area contributed by atoms with Crippen LogP contribution in [-0.2, 0) is 4.79 Å². The van der Waals surface area contributed by atoms with Crippen LogP contribution < -0.4 is 0 Å². The van der Waals surface area contributed by atoms with Crippen LogP contribution in [0.1, 0.15) is 70.6 Å². The van der Waals surface area contributed by atoms with E-state index >= 15 is 0 Å². The highest BCUT2D eigenvalue weighted by molar-refractivity contribution is 5.81. The lowest BCUT2D eigenvalue weighted by molar-refractivity contribution is -0.198. The van der Waals surface area contributed by atoms with Crippen LogP contribution in [0, 0.1) is 17.8 Å². The number of amides is 1. The van der Waals surface area contributed by atoms with Gasteiger partial charge in [-0.1, -0.05) is 32.1 Å². The van der Waals surface area contributed by atoms with E-state index in [-0.39, 0.29) is 24.2 Å². The lowest BCUT2D eigenvalue weighted by Crippen LogP contribution is -2.40. The minimum absolute atomic E-state index is 0.142. The second kappa shape index (κ2) is 7.02. The van der Waals surface area contributed by atoms with Crippen molar-refractivity contribution in [2.45, 2.75) is 82.8 Å². The third-order valence-electron chi connectivity index (χ3n) is 6.28. The van der Waals surface area contributed by atoms with E-state index in [0.29, 0.717) is 25.3 Å². The third kappa shape index (κ3) is 3.85. The van der Waals surface area contributed by atoms with Gasteiger partial charge in [0.05, 0.1) is 5.92 Å². The van der Waals surface area contributed by atoms with E-state index in [1.54, 1.807) is 0 Å². The lowest BCUT2D eigenvalue weighted by atomic mass is 9.74. The Labute approximate surface area is 136 Å². The number of likely N-dealkylation sites (tertiary alicyclic amines) is 1. The van der Waals surface area contributed by atoms with Gasteiger partial charge in [0.25, 0.3) is 0 Å². The second-order valence-electron chi connectivity index (χ2n) is 7.74. The molecule has 23 heavy (non-hydrogen) atoms. The van der Waals surface area contributed by atoms with Crippen LogP contribution >= 0.6 is 0 Å². The van der Waals surface area contributed by atoms with Gasteiger partial charge in [0.2, 0.25) is 5.91 Å². The van der Waals surface area contributed by atoms with Crippen LogP contribution in [0.15, 0.2) is 0 Å². The fourth-order valence-electron chi connectivity index (χ4n) is 5.02. The normalized spacial score (nSPS) is 34.1. The number of hydrogen-bond donors (Lipinski definition) is 0. The molecule has 0 radical (unpaired) electrons. The molecule has 3 fully saturated rings. The Hall–Kier alpha value is -0.740. The van der Waals surface area contributed by atoms with Gasteiger partial charge >= 0.3 is 6.18 Å². The predicted octanol–water partition coefficient (Wildman–Crippen LogP) is 4.93. The Balaban J connectivity index is 1.60. The molecule has 2 nitrogen and oxygen atoms in total. The summed E-state index contributed by atoms with van der Waals surface area (Å²) in [5.74, 6) is -1.55. The van der Waals surface area contributed by atoms with Crippen LogP contribution in [-0.4, -0.2) is 29.6 Å². The maximum Gasteiger partial charge on any atom is 0.392 e. The van der Waals surface area contributed by atoms with Crippen molar-refractivity contribution < 1.29 is 18.0 Å². The van der Waals surface area contributed by atoms with Gasteiger partial charge in [0, 0.05) is 18.5 Å². The largest absolute Gasteiger partial charge is 0.392 e. The van der Waals surface area contributed by atoms with Gasteiger partial charge in [-0.05, 0) is 44.4 Å². The molecule has 0 N–H and O–H groups in total. The maximum absolute atomic E-state index is 13.2. The van der Waals surface area contributed by atoms with Crippen LogP contribution in [0.4, 0.5) is 13.2 Å². The van der Waals surface area contributed by atoms with Crippen molar-refractivity contribution in [2.75, 3.05) is 6.54 Å². The van der Waals surface area contributed by atoms with Crippen LogP contribution in [0.3, 0.4) is 0 Å². The molecule has 5 heteroatoms. The smallest absolute Gasteiger partial charge is 0.339 e. The van der Waals surface area contributed by atoms with Gasteiger partial charge < -0.3 is 4.90 Å². The molecule has 0 aromatic rings. The molecule has 132 valence electrons. The number of alkyl halides is 3. The first kappa shape index (κ1) is 17.1. The fourth-order valence-corrected chi connectivity index (χ4v) is 5.02. The zero-order valence-corrected chi connectivity index (χ0v) is 13.8. The molecule has 0 aromatic heterocycles. The van der Waals surface area contributed by atoms with E-state index in [4.69, 9.17) is 0 Å². The number of carbonyl (C=O) groups excluding carboxylic acids is 1. The molecule has 1 aliphatic heterocycles. The molecule has 3 rings (SSSR count). The van der Waals surface area contributed by atoms with Crippen molar-refractivity contribution in [3.8, 4) is 0 Å². The predicted molar refractivity (Wildman–Crippen MR) is 82.8 cm³/mol. The molecule has 0 aromatic carbocycles. The quantitative estimate of drug-likeness (QED) is 0.718. The topological polar surface area (TPSA) is 20.3 Å². The first-order valence-corrected chi connectivity index (χ1v) is 9.34. The summed E-state index contributed by atoms with van der Waals surface area (Å²) in [6.45, 7) is 0.761. The molecule has 1 heterocycles. The third-order valence-corrected chi connectivity index (χ3v) is 6.28. The minimum atomic E-state index is -4.10. The summed E-state index contributed by atoms with van der Waals surface area (Å²) in [6, 6.07) is 0.353. The lowest BCUT2D eigenvalue weighted by Gasteiger charge is -2.35. The van der Waals surface area contributed by atoms with E-state index in [0.717, 1.165) is 32.2 Å². The maximum atomic E-state index is 13.2. The molecular weight excluding hydrogens is 303 g/mol. The van der Waals surface area contributed by atoms with Crippen molar-refractivity contribution >= 4 is 5.91 Å². The van der Waals surface area contributed by atoms with Gasteiger partial charge in [-0.3, -0.25) is 4.79 Å². The number of halogens is 3. The summed E-state index contributed by atoms with van der Waals surface area (Å²) >= 11 is 0. The fraction of sp³-hybridized carbons (Fsp3) is 0.944. The van der Waals surface area contributed by atoms with Crippen molar-refractivity contribution in [1.82, 2.24) is 4.90 Å². The first-order chi connectivity index (χ1) is 11.0. The van der Waals surface area contributed by atoms with Gasteiger partial charge in [-0.2, -0.15) is 13.2 Å². The van der Waals surface area contributed by atoms with Crippen molar-refractivity contribution in [3.05, 3.63) is 0 Å². The Morgan fingerprint density at radius 3 is 2.26 bits per heavy atom. The number of rotatable bonds is 3. The van der Waals surface area contributed by atoms with Crippen molar-refractivity contribution in [2.24, 2.45) is 17.8 Å². The van der Waals surface area contributed by atoms with Crippen LogP contribution in [0.5, 0.6) is 0 Å². The summed E-state index contributed by atoms with van der Waals surface area (Å²) in [7, 11) is 0. The zero-order chi connectivity index (χ0) is 16.4. The van der Waals surface area contributed by atoms with Crippen LogP contribution in [0.2, 0.25) is 0 Å². The highest BCUT2D eigenvalue weighted by Gasteiger charge is 2.47. The Bertz CT molecular complexity index is 417. The number of hydrogen-bond acceptors (Lipinski definition) is 1. The summed E-state index contributed by atoms with van der Waals surface area (Å²) in [5, 5.41) is 0. The molecule has 3 unspecified atom stereocenters. The molecule has 1 amide bonds. The average molecular weight is 331 g/mol. The molecule has 1 saturated heterocycles. The highest BCUT2D eigenvalue weighted by Crippen LogP contribution is 2.45. The molecule has 0 spiro atoms. The summed E-state index contributed by atoms with van der Waals surface area (Å²) in [5.41, 5.74) is 0. The summed E-state index contributed by atoms with van der Waals surface area (Å²) < 4.78 is 39.7. The van der Waals surface area contributed by atoms with E-state index in [9.17, 15) is 18.0 Å². The van der Waals surface area contributed by atoms with E-state index < -0.39 is 12.1 Å². The second-order valence-corrected chi connectivity index (χ2v) is 7.74. The molecule has 0 bridgehead atoms. The first-order valence-electron chi connectivity index (χ1n) is 9.34. The zero-order valence-electron chi connectivity index (χ0n) is 13.8. The summed E-state index contributed by atoms with van der Waals surface area (Å²) in [6.07, 6.45) is 5.31. The molecule has 3 atom stereocenters. The highest BCUT2D eigenvalue weighted by atomic mass is 19.4. The Morgan fingerprint density at radius 2 is 1.57 bits per heavy atom. The molecule has 3 aliphatic rings. The van der Waals surface area contributed by atoms with Crippen LogP contribution in [0.25, 0.3) is 0 Å². The standard InChI is InChI=1S/C18H28F3NO/c19-18(20,21)16-9-5-4-6-13(16)12-14-10-11-22(17(14)23)15-7-2-1-3-8-15/h13-16H,1-12H2. The van der Waals surface area contributed by atoms with E-state index in [2.05, 4.69) is 0 Å². The van der Waals surface area contributed by atoms with Crippen molar-refractivity contribution in [3.63, 3.8) is 0 Å². The van der Waals surface area contributed by atoms with Crippen molar-refractivity contribution in [1.29, 1.82) is 0 Å². The molecule has 2 saturated carbocycles. The number of carbonyl (C=O) groups is 1. The molecular formula is C18H28F3NO. The van der Waals surface area contributed by atoms with E-state index in [1.807, 2.05) is 4.90 Å². The Kier molecular flexibility index (Phi) is 5.22. The van der Waals surface area contributed by atoms with Gasteiger partial charge in [0.1, 0.15) is 0 Å². The van der Waals surface area contributed by atoms with Gasteiger partial charge in [-0.15, -0.1) is 0 Å². The minimum Gasteiger partial charge on any atom is -0.339 e. The Morgan fingerprint density at radius 1 is 0.913 bits per heavy atom. The number of nitrogens with zero attached hydrogens (tertiary/aromatic N) is 1. The molecule has 2 aliphatic carbocycles. The van der Waals surface area contributed by atoms with Gasteiger partial charge in [-0.25, -0.2) is 0 Å². The van der Waals surface area contributed by atoms with E-state index in [1.165, 1.54) is 19.3 Å². The average Bonchev–Trinajstić information content (AvgIpc) is 2.89. The monoisotopic (exact) mass is 331 g/mol. The summed E-state index contributed by atoms with van der Waals surface area (Å²) in [4.78, 5) is 14.7.